The molecule has 0 saturated heterocycles. The molecule has 1 rings (SSSR count). The first kappa shape index (κ1) is 16.5. The molecule has 0 heterocycles. The van der Waals surface area contributed by atoms with Crippen LogP contribution in [-0.4, -0.2) is 46.0 Å². The van der Waals surface area contributed by atoms with Crippen LogP contribution in [0.15, 0.2) is 23.1 Å². The summed E-state index contributed by atoms with van der Waals surface area (Å²) in [6.07, 6.45) is 0. The topological polar surface area (TPSA) is 89.7 Å². The van der Waals surface area contributed by atoms with Crippen molar-refractivity contribution in [2.45, 2.75) is 11.8 Å². The monoisotopic (exact) mass is 304 g/mol. The van der Waals surface area contributed by atoms with Crippen LogP contribution in [0.1, 0.15) is 17.3 Å². The van der Waals surface area contributed by atoms with Gasteiger partial charge in [0.1, 0.15) is 5.82 Å². The van der Waals surface area contributed by atoms with E-state index < -0.39 is 21.7 Å². The zero-order valence-electron chi connectivity index (χ0n) is 11.3. The minimum atomic E-state index is -3.99. The van der Waals surface area contributed by atoms with Crippen molar-refractivity contribution in [3.05, 3.63) is 29.6 Å². The van der Waals surface area contributed by atoms with E-state index in [0.717, 1.165) is 18.2 Å². The highest BCUT2D eigenvalue weighted by Gasteiger charge is 2.20. The van der Waals surface area contributed by atoms with Gasteiger partial charge in [-0.15, -0.1) is 0 Å². The quantitative estimate of drug-likeness (QED) is 0.832. The Hall–Kier alpha value is -1.51. The largest absolute Gasteiger partial charge is 0.383 e. The van der Waals surface area contributed by atoms with Gasteiger partial charge in [-0.05, 0) is 25.1 Å². The second-order valence-corrected chi connectivity index (χ2v) is 5.63. The third-order valence-electron chi connectivity index (χ3n) is 2.73. The van der Waals surface area contributed by atoms with Gasteiger partial charge >= 0.3 is 0 Å². The van der Waals surface area contributed by atoms with Crippen LogP contribution in [0.5, 0.6) is 0 Å². The average Bonchev–Trinajstić information content (AvgIpc) is 2.38. The molecule has 1 amide bonds. The van der Waals surface area contributed by atoms with Gasteiger partial charge in [0, 0.05) is 20.2 Å². The summed E-state index contributed by atoms with van der Waals surface area (Å²) in [4.78, 5) is 13.1. The lowest BCUT2D eigenvalue weighted by Gasteiger charge is -2.20. The second kappa shape index (κ2) is 6.78. The summed E-state index contributed by atoms with van der Waals surface area (Å²) < 4.78 is 40.9. The number of nitrogens with two attached hydrogens (primary N) is 1. The Morgan fingerprint density at radius 1 is 1.45 bits per heavy atom. The summed E-state index contributed by atoms with van der Waals surface area (Å²) in [7, 11) is -2.49. The number of methoxy groups -OCH3 is 1. The first-order valence-corrected chi connectivity index (χ1v) is 7.46. The molecular formula is C12H17FN2O4S. The van der Waals surface area contributed by atoms with Crippen LogP contribution >= 0.6 is 0 Å². The molecule has 0 fully saturated rings. The van der Waals surface area contributed by atoms with Crippen LogP contribution in [0.4, 0.5) is 4.39 Å². The molecule has 2 N–H and O–H groups in total. The van der Waals surface area contributed by atoms with Gasteiger partial charge in [-0.1, -0.05) is 0 Å². The molecule has 1 aromatic carbocycles. The number of likely N-dealkylation sites (N-methyl/N-ethyl adjacent to an activating group) is 1. The molecule has 0 bridgehead atoms. The molecule has 0 atom stereocenters. The number of benzene rings is 1. The number of hydrogen-bond donors (Lipinski definition) is 1. The Bertz CT molecular complexity index is 589. The maximum atomic E-state index is 13.9. The third-order valence-corrected chi connectivity index (χ3v) is 3.64. The van der Waals surface area contributed by atoms with Gasteiger partial charge in [0.25, 0.3) is 5.91 Å². The Balaban J connectivity index is 3.05. The molecule has 0 aromatic heterocycles. The maximum Gasteiger partial charge on any atom is 0.256 e. The minimum absolute atomic E-state index is 0.199. The maximum absolute atomic E-state index is 13.9. The number of ether oxygens (including phenoxy) is 1. The van der Waals surface area contributed by atoms with Gasteiger partial charge < -0.3 is 9.64 Å². The lowest BCUT2D eigenvalue weighted by atomic mass is 10.2. The zero-order chi connectivity index (χ0) is 15.3. The van der Waals surface area contributed by atoms with E-state index in [1.807, 2.05) is 0 Å². The predicted molar refractivity (Wildman–Crippen MR) is 71.2 cm³/mol. The molecule has 1 aromatic rings. The van der Waals surface area contributed by atoms with Crippen molar-refractivity contribution in [3.63, 3.8) is 0 Å². The molecule has 0 aliphatic rings. The number of nitrogens with zero attached hydrogens (tertiary/aromatic N) is 1. The third kappa shape index (κ3) is 3.99. The summed E-state index contributed by atoms with van der Waals surface area (Å²) in [5.74, 6) is -1.44. The average molecular weight is 304 g/mol. The van der Waals surface area contributed by atoms with Gasteiger partial charge in [-0.2, -0.15) is 0 Å². The molecule has 0 aliphatic carbocycles. The van der Waals surface area contributed by atoms with Gasteiger partial charge in [0.05, 0.1) is 17.1 Å². The van der Waals surface area contributed by atoms with E-state index in [1.165, 1.54) is 12.0 Å². The lowest BCUT2D eigenvalue weighted by molar-refractivity contribution is 0.0701. The summed E-state index contributed by atoms with van der Waals surface area (Å²) in [6.45, 7) is 2.79. The van der Waals surface area contributed by atoms with Crippen molar-refractivity contribution in [1.29, 1.82) is 0 Å². The Kier molecular flexibility index (Phi) is 5.61. The van der Waals surface area contributed by atoms with E-state index >= 15 is 0 Å². The molecule has 0 unspecified atom stereocenters. The molecule has 0 radical (unpaired) electrons. The summed E-state index contributed by atoms with van der Waals surface area (Å²) >= 11 is 0. The van der Waals surface area contributed by atoms with E-state index in [4.69, 9.17) is 9.88 Å². The predicted octanol–water partition coefficient (Wildman–Crippen LogP) is 0.582. The van der Waals surface area contributed by atoms with Crippen LogP contribution in [0.3, 0.4) is 0 Å². The van der Waals surface area contributed by atoms with E-state index in [-0.39, 0.29) is 10.5 Å². The molecule has 112 valence electrons. The van der Waals surface area contributed by atoms with Crippen LogP contribution in [0.2, 0.25) is 0 Å². The highest BCUT2D eigenvalue weighted by atomic mass is 32.2. The number of halogens is 1. The first-order chi connectivity index (χ1) is 9.31. The van der Waals surface area contributed by atoms with Gasteiger partial charge in [-0.3, -0.25) is 4.79 Å². The normalized spacial score (nSPS) is 11.4. The number of sulfonamides is 1. The minimum Gasteiger partial charge on any atom is -0.383 e. The van der Waals surface area contributed by atoms with Gasteiger partial charge in [-0.25, -0.2) is 17.9 Å². The highest BCUT2D eigenvalue weighted by Crippen LogP contribution is 2.15. The Labute approximate surface area is 117 Å². The van der Waals surface area contributed by atoms with E-state index in [1.54, 1.807) is 6.92 Å². The smallest absolute Gasteiger partial charge is 0.256 e. The lowest BCUT2D eigenvalue weighted by Crippen LogP contribution is -2.34. The van der Waals surface area contributed by atoms with Crippen molar-refractivity contribution < 1.29 is 22.3 Å². The SMILES string of the molecule is CCN(CCOC)C(=O)c1ccc(S(N)(=O)=O)cc1F. The molecule has 0 spiro atoms. The fraction of sp³-hybridized carbons (Fsp3) is 0.417. The first-order valence-electron chi connectivity index (χ1n) is 5.91. The van der Waals surface area contributed by atoms with Crippen molar-refractivity contribution in [1.82, 2.24) is 4.90 Å². The highest BCUT2D eigenvalue weighted by molar-refractivity contribution is 7.89. The standard InChI is InChI=1S/C12H17FN2O4S/c1-3-15(6-7-19-2)12(16)10-5-4-9(8-11(10)13)20(14,17)18/h4-5,8H,3,6-7H2,1-2H3,(H2,14,17,18). The molecule has 8 heteroatoms. The zero-order valence-corrected chi connectivity index (χ0v) is 12.1. The van der Waals surface area contributed by atoms with Crippen LogP contribution in [0, 0.1) is 5.82 Å². The van der Waals surface area contributed by atoms with Crippen molar-refractivity contribution >= 4 is 15.9 Å². The number of carbonyl (C=O) groups is 1. The van der Waals surface area contributed by atoms with Gasteiger partial charge in [0.2, 0.25) is 10.0 Å². The fourth-order valence-electron chi connectivity index (χ4n) is 1.62. The summed E-state index contributed by atoms with van der Waals surface area (Å²) in [6, 6.07) is 2.97. The van der Waals surface area contributed by atoms with E-state index in [9.17, 15) is 17.6 Å². The molecule has 0 aliphatic heterocycles. The number of rotatable bonds is 6. The number of hydrogen-bond acceptors (Lipinski definition) is 4. The van der Waals surface area contributed by atoms with Crippen LogP contribution < -0.4 is 5.14 Å². The molecule has 0 saturated carbocycles. The van der Waals surface area contributed by atoms with Crippen LogP contribution in [0.25, 0.3) is 0 Å². The number of amides is 1. The molecule has 20 heavy (non-hydrogen) atoms. The molecule has 6 nitrogen and oxygen atoms in total. The fourth-order valence-corrected chi connectivity index (χ4v) is 2.15. The van der Waals surface area contributed by atoms with E-state index in [0.29, 0.717) is 19.7 Å². The number of primary sulfonamides is 1. The van der Waals surface area contributed by atoms with Crippen molar-refractivity contribution in [3.8, 4) is 0 Å². The number of carbonyl (C=O) groups excluding carboxylic acids is 1. The summed E-state index contributed by atoms with van der Waals surface area (Å²) in [5, 5.41) is 4.90. The van der Waals surface area contributed by atoms with Crippen molar-refractivity contribution in [2.24, 2.45) is 5.14 Å². The Morgan fingerprint density at radius 2 is 2.10 bits per heavy atom. The van der Waals surface area contributed by atoms with E-state index in [2.05, 4.69) is 0 Å². The molecular weight excluding hydrogens is 287 g/mol. The Morgan fingerprint density at radius 3 is 2.55 bits per heavy atom. The summed E-state index contributed by atoms with van der Waals surface area (Å²) in [5.41, 5.74) is -0.199. The second-order valence-electron chi connectivity index (χ2n) is 4.06. The van der Waals surface area contributed by atoms with Crippen molar-refractivity contribution in [2.75, 3.05) is 26.8 Å². The van der Waals surface area contributed by atoms with Crippen LogP contribution in [-0.2, 0) is 14.8 Å². The van der Waals surface area contributed by atoms with Gasteiger partial charge in [0.15, 0.2) is 0 Å².